The van der Waals surface area contributed by atoms with Crippen molar-refractivity contribution < 1.29 is 24.5 Å². The lowest BCUT2D eigenvalue weighted by Gasteiger charge is -2.24. The molecular formula is C42H58N4O5. The largest absolute Gasteiger partial charge is 0.490 e. The Morgan fingerprint density at radius 3 is 2.49 bits per heavy atom. The molecule has 9 heteroatoms. The van der Waals surface area contributed by atoms with Crippen LogP contribution in [0.15, 0.2) is 60.9 Å². The SMILES string of the molecule is Cc1ccc(C(C)CCCC(=O)N(CCCCC(O)CO)CCC(=O)N(C)C)cc1CNC1(c2cnccc2-c2ccccc2OC2CC2)CC1. The number of nitrogens with one attached hydrogen (secondary N) is 1. The molecule has 2 saturated carbocycles. The number of unbranched alkanes of at least 4 members (excludes halogenated alkanes) is 1. The topological polar surface area (TPSA) is 115 Å². The fraction of sp³-hybridized carbons (Fsp3) is 0.548. The Kier molecular flexibility index (Phi) is 13.7. The van der Waals surface area contributed by atoms with Crippen molar-refractivity contribution >= 4 is 11.8 Å². The van der Waals surface area contributed by atoms with Crippen LogP contribution in [0.5, 0.6) is 5.75 Å². The third kappa shape index (κ3) is 10.9. The number of aryl methyl sites for hydroxylation is 1. The maximum absolute atomic E-state index is 13.3. The fourth-order valence-corrected chi connectivity index (χ4v) is 6.76. The van der Waals surface area contributed by atoms with E-state index in [9.17, 15) is 14.7 Å². The van der Waals surface area contributed by atoms with Gasteiger partial charge in [-0.05, 0) is 111 Å². The lowest BCUT2D eigenvalue weighted by atomic mass is 9.91. The van der Waals surface area contributed by atoms with Gasteiger partial charge in [-0.1, -0.05) is 43.3 Å². The van der Waals surface area contributed by atoms with Crippen LogP contribution in [0, 0.1) is 6.92 Å². The van der Waals surface area contributed by atoms with E-state index in [2.05, 4.69) is 66.6 Å². The summed E-state index contributed by atoms with van der Waals surface area (Å²) in [7, 11) is 3.46. The summed E-state index contributed by atoms with van der Waals surface area (Å²) in [4.78, 5) is 33.5. The summed E-state index contributed by atoms with van der Waals surface area (Å²) in [5.74, 6) is 1.31. The molecule has 2 atom stereocenters. The zero-order valence-electron chi connectivity index (χ0n) is 31.1. The number of aliphatic hydroxyl groups excluding tert-OH is 2. The summed E-state index contributed by atoms with van der Waals surface area (Å²) in [5, 5.41) is 22.7. The second kappa shape index (κ2) is 18.1. The maximum Gasteiger partial charge on any atom is 0.223 e. The first-order valence-corrected chi connectivity index (χ1v) is 18.9. The van der Waals surface area contributed by atoms with E-state index in [0.29, 0.717) is 50.8 Å². The molecular weight excluding hydrogens is 640 g/mol. The minimum atomic E-state index is -0.729. The van der Waals surface area contributed by atoms with Gasteiger partial charge in [-0.3, -0.25) is 14.6 Å². The molecule has 1 heterocycles. The highest BCUT2D eigenvalue weighted by Crippen LogP contribution is 2.50. The van der Waals surface area contributed by atoms with Crippen LogP contribution >= 0.6 is 0 Å². The number of carbonyl (C=O) groups is 2. The van der Waals surface area contributed by atoms with Crippen molar-refractivity contribution in [1.82, 2.24) is 20.1 Å². The Bertz CT molecular complexity index is 1600. The number of carbonyl (C=O) groups excluding carboxylic acids is 2. The lowest BCUT2D eigenvalue weighted by Crippen LogP contribution is -2.35. The molecule has 0 bridgehead atoms. The highest BCUT2D eigenvalue weighted by Gasteiger charge is 2.46. The van der Waals surface area contributed by atoms with E-state index in [-0.39, 0.29) is 24.0 Å². The Labute approximate surface area is 304 Å². The average Bonchev–Trinajstić information content (AvgIpc) is 4.08. The van der Waals surface area contributed by atoms with Gasteiger partial charge in [-0.2, -0.15) is 0 Å². The van der Waals surface area contributed by atoms with Crippen LogP contribution in [0.2, 0.25) is 0 Å². The number of aliphatic hydroxyl groups is 2. The molecule has 2 aliphatic carbocycles. The predicted molar refractivity (Wildman–Crippen MR) is 201 cm³/mol. The van der Waals surface area contributed by atoms with Crippen LogP contribution in [-0.4, -0.2) is 82.8 Å². The first-order chi connectivity index (χ1) is 24.6. The van der Waals surface area contributed by atoms with E-state index in [4.69, 9.17) is 9.84 Å². The Morgan fingerprint density at radius 1 is 0.980 bits per heavy atom. The number of pyridine rings is 1. The van der Waals surface area contributed by atoms with Gasteiger partial charge in [-0.25, -0.2) is 0 Å². The first-order valence-electron chi connectivity index (χ1n) is 18.9. The zero-order chi connectivity index (χ0) is 36.4. The van der Waals surface area contributed by atoms with Gasteiger partial charge in [-0.15, -0.1) is 0 Å². The number of hydrogen-bond acceptors (Lipinski definition) is 7. The molecule has 5 rings (SSSR count). The standard InChI is InChI=1S/C42H58N4O5/c1-30(10-9-14-41(50)46(25-20-40(49)45(3)4)24-8-7-11-34(48)29-47)32-16-15-31(2)33(26-32)27-44-42(21-22-42)38-28-43-23-19-36(38)37-12-5-6-13-39(37)51-35-17-18-35/h5-6,12-13,15-16,19,23,26,28,30,34-35,44,47-48H,7-11,14,17-18,20-22,24-25,27,29H2,1-4H3. The van der Waals surface area contributed by atoms with Crippen molar-refractivity contribution in [1.29, 1.82) is 0 Å². The number of rotatable bonds is 21. The summed E-state index contributed by atoms with van der Waals surface area (Å²) < 4.78 is 6.30. The molecule has 51 heavy (non-hydrogen) atoms. The maximum atomic E-state index is 13.3. The van der Waals surface area contributed by atoms with Crippen molar-refractivity contribution in [3.63, 3.8) is 0 Å². The number of amides is 2. The summed E-state index contributed by atoms with van der Waals surface area (Å²) >= 11 is 0. The summed E-state index contributed by atoms with van der Waals surface area (Å²) in [5.41, 5.74) is 7.24. The van der Waals surface area contributed by atoms with Gasteiger partial charge in [0.2, 0.25) is 11.8 Å². The molecule has 2 aliphatic rings. The Hall–Kier alpha value is -3.79. The van der Waals surface area contributed by atoms with Crippen LogP contribution in [0.25, 0.3) is 11.1 Å². The smallest absolute Gasteiger partial charge is 0.223 e. The third-order valence-corrected chi connectivity index (χ3v) is 10.5. The van der Waals surface area contributed by atoms with Crippen molar-refractivity contribution in [3.05, 3.63) is 83.2 Å². The van der Waals surface area contributed by atoms with Gasteiger partial charge in [0.25, 0.3) is 0 Å². The van der Waals surface area contributed by atoms with Crippen molar-refractivity contribution in [2.45, 2.75) is 115 Å². The minimum absolute atomic E-state index is 0.000858. The third-order valence-electron chi connectivity index (χ3n) is 10.5. The molecule has 1 aromatic heterocycles. The molecule has 2 fully saturated rings. The van der Waals surface area contributed by atoms with E-state index in [1.807, 2.05) is 18.5 Å². The van der Waals surface area contributed by atoms with Crippen molar-refractivity contribution in [3.8, 4) is 16.9 Å². The molecule has 2 aromatic carbocycles. The van der Waals surface area contributed by atoms with E-state index in [1.54, 1.807) is 23.9 Å². The predicted octanol–water partition coefficient (Wildman–Crippen LogP) is 6.48. The van der Waals surface area contributed by atoms with Crippen LogP contribution in [0.1, 0.15) is 106 Å². The van der Waals surface area contributed by atoms with Gasteiger partial charge in [0.15, 0.2) is 0 Å². The normalized spacial score (nSPS) is 16.0. The fourth-order valence-electron chi connectivity index (χ4n) is 6.76. The van der Waals surface area contributed by atoms with Crippen LogP contribution < -0.4 is 10.1 Å². The van der Waals surface area contributed by atoms with Crippen LogP contribution in [0.3, 0.4) is 0 Å². The highest BCUT2D eigenvalue weighted by molar-refractivity contribution is 5.79. The number of hydrogen-bond donors (Lipinski definition) is 3. The Morgan fingerprint density at radius 2 is 1.76 bits per heavy atom. The summed E-state index contributed by atoms with van der Waals surface area (Å²) in [6.45, 7) is 5.85. The van der Waals surface area contributed by atoms with Gasteiger partial charge in [0.05, 0.1) is 18.8 Å². The van der Waals surface area contributed by atoms with E-state index >= 15 is 0 Å². The molecule has 2 amide bonds. The monoisotopic (exact) mass is 698 g/mol. The van der Waals surface area contributed by atoms with Gasteiger partial charge in [0, 0.05) is 70.1 Å². The van der Waals surface area contributed by atoms with E-state index < -0.39 is 6.10 Å². The Balaban J connectivity index is 1.17. The molecule has 0 aliphatic heterocycles. The molecule has 3 N–H and O–H groups in total. The summed E-state index contributed by atoms with van der Waals surface area (Å²) in [6.07, 6.45) is 12.2. The van der Waals surface area contributed by atoms with Gasteiger partial charge >= 0.3 is 0 Å². The van der Waals surface area contributed by atoms with E-state index in [0.717, 1.165) is 62.8 Å². The highest BCUT2D eigenvalue weighted by atomic mass is 16.5. The van der Waals surface area contributed by atoms with Crippen LogP contribution in [-0.2, 0) is 21.7 Å². The number of ether oxygens (including phenoxy) is 1. The second-order valence-corrected chi connectivity index (χ2v) is 14.9. The number of aromatic nitrogens is 1. The quantitative estimate of drug-likeness (QED) is 0.109. The molecule has 3 aromatic rings. The second-order valence-electron chi connectivity index (χ2n) is 14.9. The van der Waals surface area contributed by atoms with Gasteiger partial charge < -0.3 is 30.1 Å². The number of benzene rings is 2. The first kappa shape index (κ1) is 38.4. The zero-order valence-corrected chi connectivity index (χ0v) is 31.1. The molecule has 9 nitrogen and oxygen atoms in total. The number of para-hydroxylation sites is 1. The molecule has 2 unspecified atom stereocenters. The average molecular weight is 699 g/mol. The minimum Gasteiger partial charge on any atom is -0.490 e. The van der Waals surface area contributed by atoms with Gasteiger partial charge in [0.1, 0.15) is 5.75 Å². The van der Waals surface area contributed by atoms with E-state index in [1.165, 1.54) is 27.8 Å². The number of nitrogens with zero attached hydrogens (tertiary/aromatic N) is 3. The molecule has 0 saturated heterocycles. The molecule has 276 valence electrons. The summed E-state index contributed by atoms with van der Waals surface area (Å²) in [6, 6.07) is 17.2. The van der Waals surface area contributed by atoms with Crippen LogP contribution in [0.4, 0.5) is 0 Å². The van der Waals surface area contributed by atoms with Crippen molar-refractivity contribution in [2.75, 3.05) is 33.8 Å². The lowest BCUT2D eigenvalue weighted by molar-refractivity contribution is -0.133. The van der Waals surface area contributed by atoms with Crippen molar-refractivity contribution in [2.24, 2.45) is 0 Å². The molecule has 0 radical (unpaired) electrons. The molecule has 0 spiro atoms.